The van der Waals surface area contributed by atoms with Crippen molar-refractivity contribution >= 4 is 17.3 Å². The largest absolute Gasteiger partial charge is 0.401 e. The van der Waals surface area contributed by atoms with Gasteiger partial charge in [-0.25, -0.2) is 4.39 Å². The zero-order valence-electron chi connectivity index (χ0n) is 7.82. The SMILES string of the molecule is NC1=CC=C(Cl)N(c2ccncc2F)C1. The lowest BCUT2D eigenvalue weighted by Gasteiger charge is -2.26. The van der Waals surface area contributed by atoms with Gasteiger partial charge in [-0.3, -0.25) is 4.98 Å². The van der Waals surface area contributed by atoms with Gasteiger partial charge in [-0.15, -0.1) is 0 Å². The van der Waals surface area contributed by atoms with Crippen molar-refractivity contribution in [2.24, 2.45) is 5.73 Å². The molecular weight excluding hydrogens is 217 g/mol. The lowest BCUT2D eigenvalue weighted by Crippen LogP contribution is -2.28. The van der Waals surface area contributed by atoms with Crippen molar-refractivity contribution in [3.8, 4) is 0 Å². The number of aromatic nitrogens is 1. The molecule has 15 heavy (non-hydrogen) atoms. The number of rotatable bonds is 1. The number of hydrogen-bond acceptors (Lipinski definition) is 3. The molecule has 0 saturated carbocycles. The Morgan fingerprint density at radius 2 is 2.27 bits per heavy atom. The van der Waals surface area contributed by atoms with Crippen molar-refractivity contribution in [1.82, 2.24) is 4.98 Å². The summed E-state index contributed by atoms with van der Waals surface area (Å²) in [4.78, 5) is 5.26. The normalized spacial score (nSPS) is 16.0. The third-order valence-corrected chi connectivity index (χ3v) is 2.41. The lowest BCUT2D eigenvalue weighted by molar-refractivity contribution is 0.618. The molecule has 1 aromatic heterocycles. The van der Waals surface area contributed by atoms with Gasteiger partial charge >= 0.3 is 0 Å². The number of nitrogens with two attached hydrogens (primary N) is 1. The molecule has 78 valence electrons. The van der Waals surface area contributed by atoms with Gasteiger partial charge in [-0.2, -0.15) is 0 Å². The number of halogens is 2. The van der Waals surface area contributed by atoms with Gasteiger partial charge < -0.3 is 10.6 Å². The van der Waals surface area contributed by atoms with E-state index in [1.165, 1.54) is 6.20 Å². The van der Waals surface area contributed by atoms with Gasteiger partial charge in [0.05, 0.1) is 18.4 Å². The summed E-state index contributed by atoms with van der Waals surface area (Å²) in [6.07, 6.45) is 6.00. The highest BCUT2D eigenvalue weighted by Gasteiger charge is 2.17. The number of allylic oxidation sites excluding steroid dienone is 2. The van der Waals surface area contributed by atoms with E-state index in [1.807, 2.05) is 0 Å². The van der Waals surface area contributed by atoms with Crippen LogP contribution in [0.25, 0.3) is 0 Å². The average molecular weight is 226 g/mol. The Bertz CT molecular complexity index is 442. The standard InChI is InChI=1S/C10H9ClFN3/c11-10-2-1-7(13)6-15(10)9-3-4-14-5-8(9)12/h1-5H,6,13H2. The van der Waals surface area contributed by atoms with Crippen molar-refractivity contribution in [3.05, 3.63) is 47.3 Å². The van der Waals surface area contributed by atoms with Gasteiger partial charge in [0.2, 0.25) is 0 Å². The maximum absolute atomic E-state index is 13.4. The van der Waals surface area contributed by atoms with E-state index in [-0.39, 0.29) is 0 Å². The van der Waals surface area contributed by atoms with Crippen LogP contribution in [0.15, 0.2) is 41.5 Å². The fourth-order valence-electron chi connectivity index (χ4n) is 1.36. The minimum atomic E-state index is -0.418. The van der Waals surface area contributed by atoms with E-state index in [2.05, 4.69) is 4.98 Å². The number of nitrogens with zero attached hydrogens (tertiary/aromatic N) is 2. The number of pyridine rings is 1. The Balaban J connectivity index is 2.37. The van der Waals surface area contributed by atoms with Crippen LogP contribution >= 0.6 is 11.6 Å². The van der Waals surface area contributed by atoms with Crippen LogP contribution in [-0.4, -0.2) is 11.5 Å². The topological polar surface area (TPSA) is 42.1 Å². The van der Waals surface area contributed by atoms with Crippen LogP contribution in [0.1, 0.15) is 0 Å². The minimum absolute atomic E-state index is 0.377. The Hall–Kier alpha value is -1.55. The monoisotopic (exact) mass is 225 g/mol. The Morgan fingerprint density at radius 3 is 3.00 bits per heavy atom. The highest BCUT2D eigenvalue weighted by atomic mass is 35.5. The molecule has 3 nitrogen and oxygen atoms in total. The van der Waals surface area contributed by atoms with Crippen molar-refractivity contribution < 1.29 is 4.39 Å². The summed E-state index contributed by atoms with van der Waals surface area (Å²) in [7, 11) is 0. The lowest BCUT2D eigenvalue weighted by atomic mass is 10.2. The van der Waals surface area contributed by atoms with E-state index in [4.69, 9.17) is 17.3 Å². The second-order valence-electron chi connectivity index (χ2n) is 3.14. The summed E-state index contributed by atoms with van der Waals surface area (Å²) >= 11 is 5.95. The summed E-state index contributed by atoms with van der Waals surface area (Å²) in [5.41, 5.74) is 6.66. The summed E-state index contributed by atoms with van der Waals surface area (Å²) in [6, 6.07) is 1.56. The van der Waals surface area contributed by atoms with Crippen LogP contribution in [0.3, 0.4) is 0 Å². The van der Waals surface area contributed by atoms with Crippen molar-refractivity contribution in [2.75, 3.05) is 11.4 Å². The molecule has 0 amide bonds. The quantitative estimate of drug-likeness (QED) is 0.743. The first-order chi connectivity index (χ1) is 7.18. The molecule has 0 fully saturated rings. The molecule has 2 heterocycles. The zero-order chi connectivity index (χ0) is 10.8. The van der Waals surface area contributed by atoms with Gasteiger partial charge in [0.25, 0.3) is 0 Å². The van der Waals surface area contributed by atoms with E-state index >= 15 is 0 Å². The van der Waals surface area contributed by atoms with E-state index in [0.717, 1.165) is 6.20 Å². The predicted octanol–water partition coefficient (Wildman–Crippen LogP) is 1.96. The summed E-state index contributed by atoms with van der Waals surface area (Å²) < 4.78 is 13.4. The smallest absolute Gasteiger partial charge is 0.165 e. The Labute approximate surface area is 91.7 Å². The average Bonchev–Trinajstić information content (AvgIpc) is 2.23. The molecule has 0 unspecified atom stereocenters. The highest BCUT2D eigenvalue weighted by molar-refractivity contribution is 6.31. The minimum Gasteiger partial charge on any atom is -0.401 e. The molecule has 2 rings (SSSR count). The summed E-state index contributed by atoms with van der Waals surface area (Å²) in [5, 5.41) is 0.439. The summed E-state index contributed by atoms with van der Waals surface area (Å²) in [6.45, 7) is 0.385. The van der Waals surface area contributed by atoms with E-state index in [9.17, 15) is 4.39 Å². The number of anilines is 1. The van der Waals surface area contributed by atoms with Crippen molar-refractivity contribution in [2.45, 2.75) is 0 Å². The van der Waals surface area contributed by atoms with Crippen LogP contribution in [0.2, 0.25) is 0 Å². The second-order valence-corrected chi connectivity index (χ2v) is 3.53. The van der Waals surface area contributed by atoms with Gasteiger partial charge in [0, 0.05) is 11.9 Å². The molecule has 1 aliphatic rings. The van der Waals surface area contributed by atoms with Crippen LogP contribution in [0, 0.1) is 5.82 Å². The molecule has 0 saturated heterocycles. The first kappa shape index (κ1) is 9.98. The molecule has 2 N–H and O–H groups in total. The molecule has 0 spiro atoms. The Morgan fingerprint density at radius 1 is 1.47 bits per heavy atom. The van der Waals surface area contributed by atoms with Crippen LogP contribution in [-0.2, 0) is 0 Å². The third-order valence-electron chi connectivity index (χ3n) is 2.08. The molecule has 0 bridgehead atoms. The van der Waals surface area contributed by atoms with Gasteiger partial charge in [0.15, 0.2) is 5.82 Å². The van der Waals surface area contributed by atoms with Gasteiger partial charge in [-0.05, 0) is 18.2 Å². The maximum Gasteiger partial charge on any atom is 0.165 e. The fraction of sp³-hybridized carbons (Fsp3) is 0.100. The maximum atomic E-state index is 13.4. The Kier molecular flexibility index (Phi) is 2.60. The molecular formula is C10H9ClFN3. The molecule has 0 atom stereocenters. The van der Waals surface area contributed by atoms with E-state index < -0.39 is 5.82 Å². The van der Waals surface area contributed by atoms with Gasteiger partial charge in [-0.1, -0.05) is 11.6 Å². The van der Waals surface area contributed by atoms with E-state index in [1.54, 1.807) is 23.1 Å². The van der Waals surface area contributed by atoms with Gasteiger partial charge in [0.1, 0.15) is 5.16 Å². The first-order valence-electron chi connectivity index (χ1n) is 4.37. The molecule has 1 aliphatic heterocycles. The third kappa shape index (κ3) is 1.94. The highest BCUT2D eigenvalue weighted by Crippen LogP contribution is 2.26. The predicted molar refractivity (Wildman–Crippen MR) is 57.7 cm³/mol. The molecule has 0 aliphatic carbocycles. The van der Waals surface area contributed by atoms with E-state index in [0.29, 0.717) is 23.1 Å². The summed E-state index contributed by atoms with van der Waals surface area (Å²) in [5.74, 6) is -0.418. The van der Waals surface area contributed by atoms with Crippen LogP contribution in [0.4, 0.5) is 10.1 Å². The van der Waals surface area contributed by atoms with Crippen molar-refractivity contribution in [3.63, 3.8) is 0 Å². The molecule has 5 heteroatoms. The van der Waals surface area contributed by atoms with Crippen LogP contribution < -0.4 is 10.6 Å². The van der Waals surface area contributed by atoms with Crippen LogP contribution in [0.5, 0.6) is 0 Å². The zero-order valence-corrected chi connectivity index (χ0v) is 8.58. The molecule has 1 aromatic rings. The number of hydrogen-bond donors (Lipinski definition) is 1. The molecule has 0 aromatic carbocycles. The first-order valence-corrected chi connectivity index (χ1v) is 4.75. The second kappa shape index (κ2) is 3.90. The fourth-order valence-corrected chi connectivity index (χ4v) is 1.58. The molecule has 0 radical (unpaired) electrons. The van der Waals surface area contributed by atoms with Crippen molar-refractivity contribution in [1.29, 1.82) is 0 Å².